The molecule has 2 aromatic rings. The van der Waals surface area contributed by atoms with Gasteiger partial charge in [-0.05, 0) is 43.2 Å². The lowest BCUT2D eigenvalue weighted by Crippen LogP contribution is -2.35. The van der Waals surface area contributed by atoms with Crippen molar-refractivity contribution in [3.05, 3.63) is 64.7 Å². The fourth-order valence-electron chi connectivity index (χ4n) is 2.20. The van der Waals surface area contributed by atoms with Crippen LogP contribution in [0.5, 0.6) is 0 Å². The van der Waals surface area contributed by atoms with Crippen LogP contribution in [0, 0.1) is 25.5 Å². The molecule has 0 spiro atoms. The zero-order valence-corrected chi connectivity index (χ0v) is 14.6. The fourth-order valence-corrected chi connectivity index (χ4v) is 3.56. The van der Waals surface area contributed by atoms with Crippen LogP contribution in [0.2, 0.25) is 0 Å². The van der Waals surface area contributed by atoms with Crippen molar-refractivity contribution < 1.29 is 22.0 Å². The highest BCUT2D eigenvalue weighted by Crippen LogP contribution is 2.16. The van der Waals surface area contributed by atoms with Gasteiger partial charge in [0.25, 0.3) is 5.91 Å². The minimum Gasteiger partial charge on any atom is -0.351 e. The molecule has 0 fully saturated rings. The SMILES string of the molecule is Cc1ccc(C)c(S(=O)(=O)NCCNC(=O)c2ccc(F)cc2F)c1. The number of amides is 1. The molecule has 0 aliphatic carbocycles. The highest BCUT2D eigenvalue weighted by molar-refractivity contribution is 7.89. The van der Waals surface area contributed by atoms with Crippen LogP contribution in [-0.4, -0.2) is 27.4 Å². The number of nitrogens with one attached hydrogen (secondary N) is 2. The Kier molecular flexibility index (Phi) is 5.86. The predicted molar refractivity (Wildman–Crippen MR) is 89.8 cm³/mol. The molecule has 0 bridgehead atoms. The Balaban J connectivity index is 1.94. The number of halogens is 2. The maximum absolute atomic E-state index is 13.5. The van der Waals surface area contributed by atoms with Crippen LogP contribution >= 0.6 is 0 Å². The number of hydrogen-bond donors (Lipinski definition) is 2. The number of carbonyl (C=O) groups is 1. The van der Waals surface area contributed by atoms with E-state index in [-0.39, 0.29) is 23.5 Å². The van der Waals surface area contributed by atoms with Gasteiger partial charge in [0.15, 0.2) is 0 Å². The van der Waals surface area contributed by atoms with Crippen molar-refractivity contribution in [3.8, 4) is 0 Å². The largest absolute Gasteiger partial charge is 0.351 e. The summed E-state index contributed by atoms with van der Waals surface area (Å²) in [6.45, 7) is 3.37. The summed E-state index contributed by atoms with van der Waals surface area (Å²) in [5, 5.41) is 2.38. The van der Waals surface area contributed by atoms with E-state index in [0.29, 0.717) is 11.6 Å². The Bertz CT molecular complexity index is 899. The molecular weight excluding hydrogens is 350 g/mol. The molecule has 0 unspecified atom stereocenters. The van der Waals surface area contributed by atoms with E-state index in [0.717, 1.165) is 17.7 Å². The Morgan fingerprint density at radius 1 is 1.04 bits per heavy atom. The number of carbonyl (C=O) groups excluding carboxylic acids is 1. The third-order valence-corrected chi connectivity index (χ3v) is 5.11. The zero-order chi connectivity index (χ0) is 18.6. The van der Waals surface area contributed by atoms with Crippen molar-refractivity contribution >= 4 is 15.9 Å². The molecule has 0 heterocycles. The van der Waals surface area contributed by atoms with E-state index in [2.05, 4.69) is 10.0 Å². The Morgan fingerprint density at radius 2 is 1.76 bits per heavy atom. The topological polar surface area (TPSA) is 75.3 Å². The van der Waals surface area contributed by atoms with Gasteiger partial charge in [-0.25, -0.2) is 21.9 Å². The van der Waals surface area contributed by atoms with Crippen LogP contribution < -0.4 is 10.0 Å². The summed E-state index contributed by atoms with van der Waals surface area (Å²) in [5.41, 5.74) is 1.11. The van der Waals surface area contributed by atoms with E-state index in [1.54, 1.807) is 26.0 Å². The van der Waals surface area contributed by atoms with E-state index in [1.165, 1.54) is 0 Å². The maximum atomic E-state index is 13.5. The van der Waals surface area contributed by atoms with Crippen LogP contribution in [0.4, 0.5) is 8.78 Å². The zero-order valence-electron chi connectivity index (χ0n) is 13.8. The van der Waals surface area contributed by atoms with Crippen molar-refractivity contribution in [3.63, 3.8) is 0 Å². The molecule has 0 atom stereocenters. The molecule has 2 aromatic carbocycles. The minimum absolute atomic E-state index is 0.0419. The number of benzene rings is 2. The first-order valence-corrected chi connectivity index (χ1v) is 8.99. The second-order valence-corrected chi connectivity index (χ2v) is 7.28. The van der Waals surface area contributed by atoms with Gasteiger partial charge in [-0.2, -0.15) is 0 Å². The van der Waals surface area contributed by atoms with Crippen LogP contribution in [0.1, 0.15) is 21.5 Å². The summed E-state index contributed by atoms with van der Waals surface area (Å²) >= 11 is 0. The third-order valence-electron chi connectivity index (χ3n) is 3.51. The first kappa shape index (κ1) is 19.0. The Labute approximate surface area is 145 Å². The van der Waals surface area contributed by atoms with Crippen LogP contribution in [0.15, 0.2) is 41.3 Å². The van der Waals surface area contributed by atoms with Crippen LogP contribution in [0.3, 0.4) is 0 Å². The molecule has 1 amide bonds. The summed E-state index contributed by atoms with van der Waals surface area (Å²) in [6, 6.07) is 7.69. The normalized spacial score (nSPS) is 11.4. The first-order chi connectivity index (χ1) is 11.7. The highest BCUT2D eigenvalue weighted by Gasteiger charge is 2.17. The summed E-state index contributed by atoms with van der Waals surface area (Å²) in [5.74, 6) is -2.51. The Morgan fingerprint density at radius 3 is 2.44 bits per heavy atom. The maximum Gasteiger partial charge on any atom is 0.254 e. The van der Waals surface area contributed by atoms with Crippen molar-refractivity contribution in [2.45, 2.75) is 18.7 Å². The van der Waals surface area contributed by atoms with Crippen molar-refractivity contribution in [2.24, 2.45) is 0 Å². The number of hydrogen-bond acceptors (Lipinski definition) is 3. The van der Waals surface area contributed by atoms with E-state index in [9.17, 15) is 22.0 Å². The van der Waals surface area contributed by atoms with Gasteiger partial charge in [-0.3, -0.25) is 4.79 Å². The monoisotopic (exact) mass is 368 g/mol. The van der Waals surface area contributed by atoms with Gasteiger partial charge in [-0.15, -0.1) is 0 Å². The number of rotatable bonds is 6. The molecule has 5 nitrogen and oxygen atoms in total. The quantitative estimate of drug-likeness (QED) is 0.768. The average molecular weight is 368 g/mol. The van der Waals surface area contributed by atoms with Gasteiger partial charge in [0.05, 0.1) is 10.5 Å². The number of sulfonamides is 1. The van der Waals surface area contributed by atoms with Gasteiger partial charge in [0, 0.05) is 19.2 Å². The van der Waals surface area contributed by atoms with E-state index >= 15 is 0 Å². The predicted octanol–water partition coefficient (Wildman–Crippen LogP) is 2.29. The number of aryl methyl sites for hydroxylation is 2. The summed E-state index contributed by atoms with van der Waals surface area (Å²) < 4.78 is 53.3. The standard InChI is InChI=1S/C17H18F2N2O3S/c1-11-3-4-12(2)16(9-11)25(23,24)21-8-7-20-17(22)14-6-5-13(18)10-15(14)19/h3-6,9-10,21H,7-8H2,1-2H3,(H,20,22). The smallest absolute Gasteiger partial charge is 0.254 e. The van der Waals surface area contributed by atoms with E-state index in [1.807, 2.05) is 6.07 Å². The minimum atomic E-state index is -3.71. The Hall–Kier alpha value is -2.32. The first-order valence-electron chi connectivity index (χ1n) is 7.51. The molecule has 0 aromatic heterocycles. The van der Waals surface area contributed by atoms with Crippen LogP contribution in [-0.2, 0) is 10.0 Å². The molecule has 0 saturated carbocycles. The second kappa shape index (κ2) is 7.71. The summed E-state index contributed by atoms with van der Waals surface area (Å²) in [4.78, 5) is 12.0. The fraction of sp³-hybridized carbons (Fsp3) is 0.235. The van der Waals surface area contributed by atoms with Crippen molar-refractivity contribution in [1.82, 2.24) is 10.0 Å². The van der Waals surface area contributed by atoms with Crippen LogP contribution in [0.25, 0.3) is 0 Å². The summed E-state index contributed by atoms with van der Waals surface area (Å²) in [6.07, 6.45) is 0. The lowest BCUT2D eigenvalue weighted by atomic mass is 10.2. The lowest BCUT2D eigenvalue weighted by Gasteiger charge is -2.11. The van der Waals surface area contributed by atoms with Crippen molar-refractivity contribution in [2.75, 3.05) is 13.1 Å². The molecule has 0 aliphatic heterocycles. The molecule has 2 N–H and O–H groups in total. The molecular formula is C17H18F2N2O3S. The van der Waals surface area contributed by atoms with Gasteiger partial charge in [0.2, 0.25) is 10.0 Å². The molecule has 2 rings (SSSR count). The molecule has 0 saturated heterocycles. The molecule has 0 aliphatic rings. The molecule has 134 valence electrons. The molecule has 0 radical (unpaired) electrons. The van der Waals surface area contributed by atoms with Gasteiger partial charge >= 0.3 is 0 Å². The lowest BCUT2D eigenvalue weighted by molar-refractivity contribution is 0.0950. The summed E-state index contributed by atoms with van der Waals surface area (Å²) in [7, 11) is -3.71. The van der Waals surface area contributed by atoms with E-state index in [4.69, 9.17) is 0 Å². The average Bonchev–Trinajstić information content (AvgIpc) is 2.53. The third kappa shape index (κ3) is 4.83. The molecule has 8 heteroatoms. The van der Waals surface area contributed by atoms with Gasteiger partial charge in [0.1, 0.15) is 11.6 Å². The molecule has 25 heavy (non-hydrogen) atoms. The highest BCUT2D eigenvalue weighted by atomic mass is 32.2. The van der Waals surface area contributed by atoms with Crippen molar-refractivity contribution in [1.29, 1.82) is 0 Å². The second-order valence-electron chi connectivity index (χ2n) is 5.55. The van der Waals surface area contributed by atoms with Gasteiger partial charge < -0.3 is 5.32 Å². The van der Waals surface area contributed by atoms with Gasteiger partial charge in [-0.1, -0.05) is 12.1 Å². The van der Waals surface area contributed by atoms with E-state index < -0.39 is 27.6 Å².